The molecule has 6 heteroatoms. The Morgan fingerprint density at radius 2 is 1.95 bits per heavy atom. The second-order valence-corrected chi connectivity index (χ2v) is 5.23. The van der Waals surface area contributed by atoms with Crippen LogP contribution in [-0.4, -0.2) is 37.9 Å². The van der Waals surface area contributed by atoms with Crippen molar-refractivity contribution in [3.05, 3.63) is 47.1 Å². The largest absolute Gasteiger partial charge is 0.466 e. The van der Waals surface area contributed by atoms with Gasteiger partial charge in [-0.1, -0.05) is 24.3 Å². The van der Waals surface area contributed by atoms with Gasteiger partial charge in [0.2, 0.25) is 0 Å². The van der Waals surface area contributed by atoms with Crippen molar-refractivity contribution in [2.45, 2.75) is 24.5 Å². The Bertz CT molecular complexity index is 639. The maximum absolute atomic E-state index is 12.2. The monoisotopic (exact) mass is 304 g/mol. The van der Waals surface area contributed by atoms with Crippen molar-refractivity contribution in [2.75, 3.05) is 14.2 Å². The van der Waals surface area contributed by atoms with Crippen molar-refractivity contribution in [3.63, 3.8) is 0 Å². The maximum atomic E-state index is 12.2. The predicted octanol–water partition coefficient (Wildman–Crippen LogP) is 1.54. The molecule has 2 aliphatic heterocycles. The standard InChI is InChI=1S/C16H16O6/c1-19-14(17)10-5-6-11-13(15(18)20-2)12-4-3-8-16(11,9-7-10)22-21-12/h3-7,12H,8-9H2,1-2H3. The fourth-order valence-corrected chi connectivity index (χ4v) is 2.88. The molecule has 0 fully saturated rings. The van der Waals surface area contributed by atoms with E-state index in [2.05, 4.69) is 0 Å². The van der Waals surface area contributed by atoms with Crippen molar-refractivity contribution in [2.24, 2.45) is 0 Å². The first kappa shape index (κ1) is 14.7. The molecule has 0 radical (unpaired) electrons. The van der Waals surface area contributed by atoms with Crippen LogP contribution in [0.5, 0.6) is 0 Å². The SMILES string of the molecule is COC(=O)C1=CCC23CC=CC(OO2)C(C(=O)OC)=C3C=C1. The lowest BCUT2D eigenvalue weighted by molar-refractivity contribution is -0.365. The van der Waals surface area contributed by atoms with E-state index in [1.165, 1.54) is 14.2 Å². The summed E-state index contributed by atoms with van der Waals surface area (Å²) in [6.45, 7) is 0. The molecule has 0 saturated carbocycles. The molecule has 0 N–H and O–H groups in total. The van der Waals surface area contributed by atoms with E-state index in [9.17, 15) is 9.59 Å². The summed E-state index contributed by atoms with van der Waals surface area (Å²) in [4.78, 5) is 34.8. The third-order valence-electron chi connectivity index (χ3n) is 4.04. The summed E-state index contributed by atoms with van der Waals surface area (Å²) in [7, 11) is 2.65. The molecule has 2 unspecified atom stereocenters. The number of rotatable bonds is 2. The van der Waals surface area contributed by atoms with Crippen molar-refractivity contribution in [1.82, 2.24) is 0 Å². The molecule has 2 aliphatic carbocycles. The van der Waals surface area contributed by atoms with Crippen LogP contribution in [0.25, 0.3) is 0 Å². The molecule has 1 spiro atoms. The zero-order valence-electron chi connectivity index (χ0n) is 12.3. The predicted molar refractivity (Wildman–Crippen MR) is 75.3 cm³/mol. The Morgan fingerprint density at radius 1 is 1.18 bits per heavy atom. The molecule has 6 nitrogen and oxygen atoms in total. The smallest absolute Gasteiger partial charge is 0.337 e. The van der Waals surface area contributed by atoms with Crippen molar-refractivity contribution in [1.29, 1.82) is 0 Å². The van der Waals surface area contributed by atoms with Gasteiger partial charge >= 0.3 is 11.9 Å². The minimum Gasteiger partial charge on any atom is -0.466 e. The normalized spacial score (nSPS) is 29.4. The second-order valence-electron chi connectivity index (χ2n) is 5.23. The van der Waals surface area contributed by atoms with Crippen LogP contribution in [0.2, 0.25) is 0 Å². The number of carbonyl (C=O) groups is 2. The Hall–Kier alpha value is -2.18. The molecule has 0 aromatic rings. The van der Waals surface area contributed by atoms with Crippen LogP contribution in [0, 0.1) is 0 Å². The first-order valence-electron chi connectivity index (χ1n) is 6.92. The number of esters is 2. The van der Waals surface area contributed by atoms with Crippen LogP contribution in [0.4, 0.5) is 0 Å². The van der Waals surface area contributed by atoms with E-state index >= 15 is 0 Å². The number of ether oxygens (including phenoxy) is 2. The lowest BCUT2D eigenvalue weighted by Gasteiger charge is -2.36. The summed E-state index contributed by atoms with van der Waals surface area (Å²) in [6, 6.07) is 0. The highest BCUT2D eigenvalue weighted by atomic mass is 17.2. The number of hydrogen-bond acceptors (Lipinski definition) is 6. The van der Waals surface area contributed by atoms with Gasteiger partial charge in [-0.2, -0.15) is 0 Å². The fraction of sp³-hybridized carbons (Fsp3) is 0.375. The zero-order chi connectivity index (χ0) is 15.7. The molecule has 4 rings (SSSR count). The molecule has 0 aromatic carbocycles. The molecular weight excluding hydrogens is 288 g/mol. The number of carbonyl (C=O) groups excluding carboxylic acids is 2. The summed E-state index contributed by atoms with van der Waals surface area (Å²) in [5.41, 5.74) is 0.658. The summed E-state index contributed by atoms with van der Waals surface area (Å²) in [6.07, 6.45) is 9.08. The van der Waals surface area contributed by atoms with Crippen LogP contribution in [0.15, 0.2) is 47.1 Å². The van der Waals surface area contributed by atoms with E-state index in [-0.39, 0.29) is 0 Å². The van der Waals surface area contributed by atoms with Crippen LogP contribution in [-0.2, 0) is 28.8 Å². The van der Waals surface area contributed by atoms with Gasteiger partial charge in [-0.05, 0) is 6.08 Å². The molecular formula is C16H16O6. The minimum atomic E-state index is -0.834. The molecule has 2 bridgehead atoms. The Balaban J connectivity index is 2.13. The van der Waals surface area contributed by atoms with Gasteiger partial charge in [0.25, 0.3) is 0 Å². The minimum absolute atomic E-state index is 0.386. The molecule has 116 valence electrons. The van der Waals surface area contributed by atoms with E-state index in [1.807, 2.05) is 6.08 Å². The highest BCUT2D eigenvalue weighted by molar-refractivity contribution is 5.94. The average molecular weight is 304 g/mol. The fourth-order valence-electron chi connectivity index (χ4n) is 2.88. The molecule has 4 aliphatic rings. The first-order chi connectivity index (χ1) is 10.6. The van der Waals surface area contributed by atoms with E-state index in [1.54, 1.807) is 24.3 Å². The highest BCUT2D eigenvalue weighted by Gasteiger charge is 2.47. The third-order valence-corrected chi connectivity index (χ3v) is 4.04. The molecule has 0 saturated heterocycles. The quantitative estimate of drug-likeness (QED) is 0.438. The molecule has 22 heavy (non-hydrogen) atoms. The molecule has 2 heterocycles. The van der Waals surface area contributed by atoms with Gasteiger partial charge < -0.3 is 9.47 Å². The van der Waals surface area contributed by atoms with Gasteiger partial charge in [0.15, 0.2) is 0 Å². The van der Waals surface area contributed by atoms with Crippen LogP contribution >= 0.6 is 0 Å². The van der Waals surface area contributed by atoms with Crippen molar-refractivity contribution < 1.29 is 28.8 Å². The van der Waals surface area contributed by atoms with Gasteiger partial charge in [-0.25, -0.2) is 19.4 Å². The van der Waals surface area contributed by atoms with Gasteiger partial charge in [0.05, 0.1) is 25.4 Å². The summed E-state index contributed by atoms with van der Waals surface area (Å²) >= 11 is 0. The van der Waals surface area contributed by atoms with E-state index in [0.29, 0.717) is 29.6 Å². The summed E-state index contributed by atoms with van der Waals surface area (Å²) in [5.74, 6) is -0.902. The lowest BCUT2D eigenvalue weighted by Crippen LogP contribution is -2.41. The van der Waals surface area contributed by atoms with Crippen molar-refractivity contribution in [3.8, 4) is 0 Å². The molecule has 0 aromatic heterocycles. The van der Waals surface area contributed by atoms with Crippen LogP contribution < -0.4 is 0 Å². The van der Waals surface area contributed by atoms with E-state index in [4.69, 9.17) is 19.2 Å². The van der Waals surface area contributed by atoms with Crippen LogP contribution in [0.3, 0.4) is 0 Å². The molecule has 0 amide bonds. The lowest BCUT2D eigenvalue weighted by atomic mass is 9.84. The zero-order valence-corrected chi connectivity index (χ0v) is 12.3. The first-order valence-corrected chi connectivity index (χ1v) is 6.92. The second kappa shape index (κ2) is 5.55. The van der Waals surface area contributed by atoms with Crippen LogP contribution in [0.1, 0.15) is 12.8 Å². The van der Waals surface area contributed by atoms with Gasteiger partial charge in [0, 0.05) is 18.4 Å². The Morgan fingerprint density at radius 3 is 2.68 bits per heavy atom. The Labute approximate surface area is 127 Å². The third kappa shape index (κ3) is 2.20. The van der Waals surface area contributed by atoms with E-state index in [0.717, 1.165) is 0 Å². The summed E-state index contributed by atoms with van der Waals surface area (Å²) < 4.78 is 9.61. The van der Waals surface area contributed by atoms with Crippen molar-refractivity contribution >= 4 is 11.9 Å². The maximum Gasteiger partial charge on any atom is 0.337 e. The highest BCUT2D eigenvalue weighted by Crippen LogP contribution is 2.44. The number of fused-ring (bicyclic) bond motifs is 2. The van der Waals surface area contributed by atoms with E-state index < -0.39 is 23.6 Å². The Kier molecular flexibility index (Phi) is 3.72. The number of methoxy groups -OCH3 is 2. The van der Waals surface area contributed by atoms with Gasteiger partial charge in [-0.3, -0.25) is 0 Å². The van der Waals surface area contributed by atoms with Gasteiger partial charge in [0.1, 0.15) is 11.7 Å². The summed E-state index contributed by atoms with van der Waals surface area (Å²) in [5, 5.41) is 0. The number of hydrogen-bond donors (Lipinski definition) is 0. The topological polar surface area (TPSA) is 71.1 Å². The molecule has 2 atom stereocenters. The van der Waals surface area contributed by atoms with Gasteiger partial charge in [-0.15, -0.1) is 0 Å². The average Bonchev–Trinajstić information content (AvgIpc) is 2.92.